The highest BCUT2D eigenvalue weighted by atomic mass is 35.5. The number of nitrogens with one attached hydrogen (secondary N) is 1. The number of aliphatic carboxylic acids is 1. The minimum Gasteiger partial charge on any atom is -0.481 e. The van der Waals surface area contributed by atoms with Gasteiger partial charge in [-0.15, -0.1) is 0 Å². The highest BCUT2D eigenvalue weighted by Gasteiger charge is 2.42. The molecule has 0 radical (unpaired) electrons. The summed E-state index contributed by atoms with van der Waals surface area (Å²) in [6.07, 6.45) is 11.3. The zero-order chi connectivity index (χ0) is 20.9. The second-order valence-corrected chi connectivity index (χ2v) is 10.3. The molecule has 1 aromatic rings. The van der Waals surface area contributed by atoms with Crippen molar-refractivity contribution in [2.45, 2.75) is 44.9 Å². The summed E-state index contributed by atoms with van der Waals surface area (Å²) in [4.78, 5) is 10.6. The second kappa shape index (κ2) is 9.81. The van der Waals surface area contributed by atoms with Crippen molar-refractivity contribution in [3.8, 4) is 0 Å². The Kier molecular flexibility index (Phi) is 7.41. The first-order valence-corrected chi connectivity index (χ1v) is 12.2. The monoisotopic (exact) mass is 437 g/mol. The first kappa shape index (κ1) is 21.9. The van der Waals surface area contributed by atoms with Crippen molar-refractivity contribution in [2.24, 2.45) is 17.8 Å². The zero-order valence-electron chi connectivity index (χ0n) is 16.4. The third-order valence-corrected chi connectivity index (χ3v) is 7.35. The molecule has 2 aliphatic rings. The molecule has 3 rings (SSSR count). The molecule has 3 unspecified atom stereocenters. The molecule has 29 heavy (non-hydrogen) atoms. The number of carbonyl (C=O) groups is 1. The zero-order valence-corrected chi connectivity index (χ0v) is 18.0. The smallest absolute Gasteiger partial charge is 0.303 e. The van der Waals surface area contributed by atoms with Crippen LogP contribution in [0.5, 0.6) is 0 Å². The van der Waals surface area contributed by atoms with Gasteiger partial charge < -0.3 is 5.11 Å². The standard InChI is InChI=1S/C22H28ClNO4S/c23-19-6-4-5-16(13-19)11-12-29(27,28)24-15-21-18-10-9-17(14-18)20(21)7-2-1-3-8-22(25)26/h2,4-7,13,15,17-18,20,24H,1,3,8-12,14H2,(H,25,26). The Morgan fingerprint density at radius 3 is 2.90 bits per heavy atom. The van der Waals surface area contributed by atoms with E-state index in [0.29, 0.717) is 29.7 Å². The van der Waals surface area contributed by atoms with Crippen LogP contribution in [0.2, 0.25) is 5.02 Å². The molecule has 7 heteroatoms. The number of halogens is 1. The van der Waals surface area contributed by atoms with Crippen molar-refractivity contribution in [1.29, 1.82) is 0 Å². The number of sulfonamides is 1. The minimum absolute atomic E-state index is 0.0148. The molecule has 0 amide bonds. The van der Waals surface area contributed by atoms with E-state index in [9.17, 15) is 13.2 Å². The van der Waals surface area contributed by atoms with Crippen LogP contribution in [0, 0.1) is 17.8 Å². The molecule has 2 saturated carbocycles. The van der Waals surface area contributed by atoms with Crippen molar-refractivity contribution < 1.29 is 18.3 Å². The summed E-state index contributed by atoms with van der Waals surface area (Å²) in [5, 5.41) is 9.33. The molecule has 1 aromatic carbocycles. The van der Waals surface area contributed by atoms with Gasteiger partial charge in [-0.2, -0.15) is 0 Å². The van der Waals surface area contributed by atoms with Gasteiger partial charge in [0, 0.05) is 23.6 Å². The maximum atomic E-state index is 12.5. The lowest BCUT2D eigenvalue weighted by molar-refractivity contribution is -0.137. The number of hydrogen-bond acceptors (Lipinski definition) is 3. The van der Waals surface area contributed by atoms with Crippen LogP contribution in [0.15, 0.2) is 48.2 Å². The Balaban J connectivity index is 1.58. The molecule has 0 aliphatic heterocycles. The summed E-state index contributed by atoms with van der Waals surface area (Å²) < 4.78 is 27.6. The molecule has 0 saturated heterocycles. The maximum Gasteiger partial charge on any atom is 0.303 e. The summed E-state index contributed by atoms with van der Waals surface area (Å²) >= 11 is 5.96. The molecule has 0 heterocycles. The maximum absolute atomic E-state index is 12.5. The molecule has 0 spiro atoms. The van der Waals surface area contributed by atoms with Crippen molar-refractivity contribution >= 4 is 27.6 Å². The Morgan fingerprint density at radius 2 is 2.14 bits per heavy atom. The van der Waals surface area contributed by atoms with Gasteiger partial charge in [0.1, 0.15) is 0 Å². The van der Waals surface area contributed by atoms with Crippen LogP contribution < -0.4 is 4.72 Å². The number of carboxylic acid groups (broad SMARTS) is 1. The van der Waals surface area contributed by atoms with E-state index in [1.807, 2.05) is 12.1 Å². The van der Waals surface area contributed by atoms with Gasteiger partial charge in [0.15, 0.2) is 0 Å². The van der Waals surface area contributed by atoms with E-state index in [1.54, 1.807) is 18.3 Å². The number of rotatable bonds is 10. The highest BCUT2D eigenvalue weighted by Crippen LogP contribution is 2.52. The van der Waals surface area contributed by atoms with E-state index >= 15 is 0 Å². The number of hydrogen-bond donors (Lipinski definition) is 2. The molecule has 2 N–H and O–H groups in total. The second-order valence-electron chi connectivity index (χ2n) is 7.97. The highest BCUT2D eigenvalue weighted by molar-refractivity contribution is 7.89. The van der Waals surface area contributed by atoms with E-state index in [2.05, 4.69) is 16.9 Å². The number of benzene rings is 1. The first-order chi connectivity index (χ1) is 13.8. The van der Waals surface area contributed by atoms with E-state index in [-0.39, 0.29) is 18.1 Å². The van der Waals surface area contributed by atoms with Crippen molar-refractivity contribution in [3.05, 3.63) is 58.8 Å². The van der Waals surface area contributed by atoms with Crippen molar-refractivity contribution in [2.75, 3.05) is 5.75 Å². The lowest BCUT2D eigenvalue weighted by Gasteiger charge is -2.22. The van der Waals surface area contributed by atoms with Crippen LogP contribution in [-0.4, -0.2) is 25.2 Å². The molecule has 0 aromatic heterocycles. The fourth-order valence-electron chi connectivity index (χ4n) is 4.45. The number of allylic oxidation sites excluding steroid dienone is 3. The Labute approximate surface area is 177 Å². The third-order valence-electron chi connectivity index (χ3n) is 5.90. The van der Waals surface area contributed by atoms with Gasteiger partial charge in [-0.05, 0) is 73.6 Å². The van der Waals surface area contributed by atoms with Crippen molar-refractivity contribution in [3.63, 3.8) is 0 Å². The summed E-state index contributed by atoms with van der Waals surface area (Å²) in [7, 11) is -3.42. The van der Waals surface area contributed by atoms with Gasteiger partial charge in [-0.25, -0.2) is 8.42 Å². The van der Waals surface area contributed by atoms with Crippen LogP contribution >= 0.6 is 11.6 Å². The normalized spacial score (nSPS) is 25.1. The van der Waals surface area contributed by atoms with Gasteiger partial charge in [0.25, 0.3) is 0 Å². The number of aryl methyl sites for hydroxylation is 1. The summed E-state index contributed by atoms with van der Waals surface area (Å²) in [5.41, 5.74) is 2.07. The molecule has 158 valence electrons. The van der Waals surface area contributed by atoms with Gasteiger partial charge in [0.05, 0.1) is 5.75 Å². The summed E-state index contributed by atoms with van der Waals surface area (Å²) in [6, 6.07) is 7.26. The number of unbranched alkanes of at least 4 members (excludes halogenated alkanes) is 1. The molecule has 2 bridgehead atoms. The molecule has 5 nitrogen and oxygen atoms in total. The predicted octanol–water partition coefficient (Wildman–Crippen LogP) is 4.54. The van der Waals surface area contributed by atoms with E-state index in [0.717, 1.165) is 24.8 Å². The van der Waals surface area contributed by atoms with Crippen LogP contribution in [-0.2, 0) is 21.2 Å². The molecular formula is C22H28ClNO4S. The average Bonchev–Trinajstić information content (AvgIpc) is 3.26. The molecule has 2 aliphatic carbocycles. The lowest BCUT2D eigenvalue weighted by Crippen LogP contribution is -2.24. The van der Waals surface area contributed by atoms with Crippen molar-refractivity contribution in [1.82, 2.24) is 4.72 Å². The topological polar surface area (TPSA) is 83.5 Å². The molecule has 2 fully saturated rings. The van der Waals surface area contributed by atoms with Gasteiger partial charge >= 0.3 is 5.97 Å². The van der Waals surface area contributed by atoms with Gasteiger partial charge in [-0.1, -0.05) is 35.9 Å². The fraction of sp³-hybridized carbons (Fsp3) is 0.500. The average molecular weight is 438 g/mol. The minimum atomic E-state index is -3.42. The molecule has 3 atom stereocenters. The van der Waals surface area contributed by atoms with E-state index in [1.165, 1.54) is 12.0 Å². The third kappa shape index (κ3) is 6.34. The van der Waals surface area contributed by atoms with Gasteiger partial charge in [-0.3, -0.25) is 9.52 Å². The van der Waals surface area contributed by atoms with Crippen LogP contribution in [0.4, 0.5) is 0 Å². The first-order valence-electron chi connectivity index (χ1n) is 10.2. The Bertz CT molecular complexity index is 894. The number of carboxylic acids is 1. The fourth-order valence-corrected chi connectivity index (χ4v) is 5.60. The summed E-state index contributed by atoms with van der Waals surface area (Å²) in [6.45, 7) is 0. The van der Waals surface area contributed by atoms with Crippen LogP contribution in [0.1, 0.15) is 44.1 Å². The largest absolute Gasteiger partial charge is 0.481 e. The summed E-state index contributed by atoms with van der Waals surface area (Å²) in [5.74, 6) is 0.517. The van der Waals surface area contributed by atoms with Gasteiger partial charge in [0.2, 0.25) is 10.0 Å². The van der Waals surface area contributed by atoms with Crippen LogP contribution in [0.25, 0.3) is 0 Å². The Hall–Kier alpha value is -1.79. The van der Waals surface area contributed by atoms with E-state index < -0.39 is 16.0 Å². The quantitative estimate of drug-likeness (QED) is 0.415. The Morgan fingerprint density at radius 1 is 1.31 bits per heavy atom. The van der Waals surface area contributed by atoms with Crippen LogP contribution in [0.3, 0.4) is 0 Å². The van der Waals surface area contributed by atoms with E-state index in [4.69, 9.17) is 16.7 Å². The molecular weight excluding hydrogens is 410 g/mol. The predicted molar refractivity (Wildman–Crippen MR) is 115 cm³/mol. The SMILES string of the molecule is O=C(O)CCCC=CC1C(=CNS(=O)(=O)CCc2cccc(Cl)c2)C2CCC1C2. The number of fused-ring (bicyclic) bond motifs is 2. The lowest BCUT2D eigenvalue weighted by atomic mass is 9.84.